The van der Waals surface area contributed by atoms with Crippen LogP contribution in [-0.4, -0.2) is 23.8 Å². The van der Waals surface area contributed by atoms with Crippen LogP contribution < -0.4 is 11.2 Å². The fourth-order valence-corrected chi connectivity index (χ4v) is 3.40. The van der Waals surface area contributed by atoms with Crippen LogP contribution in [-0.2, 0) is 19.6 Å². The number of benzene rings is 1. The van der Waals surface area contributed by atoms with Crippen molar-refractivity contribution in [2.24, 2.45) is 0 Å². The molecule has 0 saturated heterocycles. The van der Waals surface area contributed by atoms with E-state index in [1.807, 2.05) is 44.2 Å². The Kier molecular flexibility index (Phi) is 6.96. The van der Waals surface area contributed by atoms with Crippen LogP contribution in [0.2, 0.25) is 0 Å². The van der Waals surface area contributed by atoms with Gasteiger partial charge in [-0.15, -0.1) is 0 Å². The SMILES string of the molecule is CCCn1c(C=Cc2cnn(Cc3ccccc3)c2)c([N+](=O)[O-])c(=O)n(CCC)c1=O. The summed E-state index contributed by atoms with van der Waals surface area (Å²) in [6.45, 7) is 4.68. The number of hydrogen-bond acceptors (Lipinski definition) is 5. The average Bonchev–Trinajstić information content (AvgIpc) is 3.19. The lowest BCUT2D eigenvalue weighted by atomic mass is 10.2. The highest BCUT2D eigenvalue weighted by molar-refractivity contribution is 5.71. The Hall–Kier alpha value is -3.75. The molecule has 2 aromatic heterocycles. The molecule has 0 aliphatic rings. The average molecular weight is 423 g/mol. The van der Waals surface area contributed by atoms with Gasteiger partial charge in [0.1, 0.15) is 5.69 Å². The molecule has 0 unspecified atom stereocenters. The van der Waals surface area contributed by atoms with E-state index in [-0.39, 0.29) is 18.8 Å². The second-order valence-electron chi connectivity index (χ2n) is 7.17. The van der Waals surface area contributed by atoms with Crippen LogP contribution in [0, 0.1) is 10.1 Å². The highest BCUT2D eigenvalue weighted by Crippen LogP contribution is 2.16. The molecule has 3 aromatic rings. The van der Waals surface area contributed by atoms with Crippen LogP contribution in [0.25, 0.3) is 12.2 Å². The van der Waals surface area contributed by atoms with Gasteiger partial charge in [-0.1, -0.05) is 44.2 Å². The minimum atomic E-state index is -0.872. The van der Waals surface area contributed by atoms with E-state index in [0.29, 0.717) is 24.9 Å². The van der Waals surface area contributed by atoms with Crippen molar-refractivity contribution in [3.8, 4) is 0 Å². The first-order valence-corrected chi connectivity index (χ1v) is 10.2. The highest BCUT2D eigenvalue weighted by Gasteiger charge is 2.25. The molecular weight excluding hydrogens is 398 g/mol. The summed E-state index contributed by atoms with van der Waals surface area (Å²) in [6.07, 6.45) is 7.63. The Bertz CT molecular complexity index is 1200. The third-order valence-corrected chi connectivity index (χ3v) is 4.79. The van der Waals surface area contributed by atoms with Crippen LogP contribution in [0.1, 0.15) is 43.5 Å². The first-order chi connectivity index (χ1) is 15.0. The lowest BCUT2D eigenvalue weighted by molar-refractivity contribution is -0.387. The van der Waals surface area contributed by atoms with E-state index in [1.165, 1.54) is 10.6 Å². The van der Waals surface area contributed by atoms with E-state index < -0.39 is 21.9 Å². The Morgan fingerprint density at radius 2 is 1.71 bits per heavy atom. The standard InChI is InChI=1S/C22H25N5O4/c1-3-12-25-19(20(27(30)31)21(28)26(13-4-2)22(25)29)11-10-18-14-23-24(16-18)15-17-8-6-5-7-9-17/h5-11,14,16H,3-4,12-13,15H2,1-2H3. The third-order valence-electron chi connectivity index (χ3n) is 4.79. The van der Waals surface area contributed by atoms with Crippen molar-refractivity contribution in [3.63, 3.8) is 0 Å². The zero-order chi connectivity index (χ0) is 22.4. The zero-order valence-corrected chi connectivity index (χ0v) is 17.6. The van der Waals surface area contributed by atoms with Gasteiger partial charge in [0.25, 0.3) is 0 Å². The van der Waals surface area contributed by atoms with Crippen LogP contribution in [0.3, 0.4) is 0 Å². The van der Waals surface area contributed by atoms with Gasteiger partial charge in [-0.2, -0.15) is 5.10 Å². The van der Waals surface area contributed by atoms with Gasteiger partial charge in [0.05, 0.1) is 17.7 Å². The number of nitro groups is 1. The van der Waals surface area contributed by atoms with Crippen molar-refractivity contribution in [3.05, 3.63) is 90.5 Å². The van der Waals surface area contributed by atoms with Gasteiger partial charge in [-0.3, -0.25) is 28.7 Å². The summed E-state index contributed by atoms with van der Waals surface area (Å²) in [7, 11) is 0. The van der Waals surface area contributed by atoms with Crippen molar-refractivity contribution in [2.45, 2.75) is 46.3 Å². The Morgan fingerprint density at radius 3 is 2.35 bits per heavy atom. The summed E-state index contributed by atoms with van der Waals surface area (Å²) in [6, 6.07) is 9.83. The van der Waals surface area contributed by atoms with Crippen LogP contribution in [0.5, 0.6) is 0 Å². The van der Waals surface area contributed by atoms with Gasteiger partial charge in [0.15, 0.2) is 0 Å². The van der Waals surface area contributed by atoms with Crippen molar-refractivity contribution in [1.82, 2.24) is 18.9 Å². The number of aromatic nitrogens is 4. The highest BCUT2D eigenvalue weighted by atomic mass is 16.6. The van der Waals surface area contributed by atoms with E-state index >= 15 is 0 Å². The minimum Gasteiger partial charge on any atom is -0.287 e. The molecule has 162 valence electrons. The summed E-state index contributed by atoms with van der Waals surface area (Å²) in [4.78, 5) is 36.5. The number of rotatable bonds is 9. The van der Waals surface area contributed by atoms with Gasteiger partial charge in [-0.05, 0) is 30.6 Å². The number of nitrogens with zero attached hydrogens (tertiary/aromatic N) is 5. The molecule has 9 nitrogen and oxygen atoms in total. The summed E-state index contributed by atoms with van der Waals surface area (Å²) in [5.41, 5.74) is -0.187. The van der Waals surface area contributed by atoms with Crippen molar-refractivity contribution < 1.29 is 4.92 Å². The molecular formula is C22H25N5O4. The summed E-state index contributed by atoms with van der Waals surface area (Å²) in [5.74, 6) is 0. The molecule has 0 saturated carbocycles. The quantitative estimate of drug-likeness (QED) is 0.388. The first kappa shape index (κ1) is 21.9. The van der Waals surface area contributed by atoms with E-state index in [9.17, 15) is 19.7 Å². The molecule has 0 amide bonds. The Morgan fingerprint density at radius 1 is 1.03 bits per heavy atom. The van der Waals surface area contributed by atoms with Gasteiger partial charge in [0, 0.05) is 24.8 Å². The topological polar surface area (TPSA) is 105 Å². The van der Waals surface area contributed by atoms with Crippen LogP contribution in [0.15, 0.2) is 52.3 Å². The molecule has 9 heteroatoms. The lowest BCUT2D eigenvalue weighted by Crippen LogP contribution is -2.42. The predicted molar refractivity (Wildman–Crippen MR) is 119 cm³/mol. The van der Waals surface area contributed by atoms with E-state index in [4.69, 9.17) is 0 Å². The zero-order valence-electron chi connectivity index (χ0n) is 17.6. The van der Waals surface area contributed by atoms with Crippen LogP contribution >= 0.6 is 0 Å². The smallest absolute Gasteiger partial charge is 0.287 e. The molecule has 0 atom stereocenters. The largest absolute Gasteiger partial charge is 0.357 e. The molecule has 0 bridgehead atoms. The fourth-order valence-electron chi connectivity index (χ4n) is 3.40. The Labute approximate surface area is 179 Å². The third kappa shape index (κ3) is 4.88. The summed E-state index contributed by atoms with van der Waals surface area (Å²) >= 11 is 0. The predicted octanol–water partition coefficient (Wildman–Crippen LogP) is 3.15. The summed E-state index contributed by atoms with van der Waals surface area (Å²) in [5, 5.41) is 16.0. The molecule has 0 spiro atoms. The van der Waals surface area contributed by atoms with Gasteiger partial charge < -0.3 is 0 Å². The van der Waals surface area contributed by atoms with Gasteiger partial charge in [-0.25, -0.2) is 4.79 Å². The van der Waals surface area contributed by atoms with Crippen LogP contribution in [0.4, 0.5) is 5.69 Å². The fraction of sp³-hybridized carbons (Fsp3) is 0.318. The molecule has 0 N–H and O–H groups in total. The van der Waals surface area contributed by atoms with Gasteiger partial charge >= 0.3 is 16.9 Å². The normalized spacial score (nSPS) is 11.3. The second kappa shape index (κ2) is 9.84. The number of hydrogen-bond donors (Lipinski definition) is 0. The first-order valence-electron chi connectivity index (χ1n) is 10.2. The van der Waals surface area contributed by atoms with Gasteiger partial charge in [0.2, 0.25) is 0 Å². The molecule has 0 radical (unpaired) electrons. The maximum absolute atomic E-state index is 12.8. The molecule has 0 aliphatic carbocycles. The summed E-state index contributed by atoms with van der Waals surface area (Å²) < 4.78 is 4.00. The molecule has 31 heavy (non-hydrogen) atoms. The van der Waals surface area contributed by atoms with E-state index in [1.54, 1.807) is 23.2 Å². The molecule has 1 aromatic carbocycles. The molecule has 0 fully saturated rings. The maximum atomic E-state index is 12.8. The maximum Gasteiger partial charge on any atom is 0.357 e. The monoisotopic (exact) mass is 423 g/mol. The molecule has 0 aliphatic heterocycles. The second-order valence-corrected chi connectivity index (χ2v) is 7.17. The Balaban J connectivity index is 2.02. The van der Waals surface area contributed by atoms with Crippen molar-refractivity contribution >= 4 is 17.8 Å². The van der Waals surface area contributed by atoms with E-state index in [2.05, 4.69) is 5.10 Å². The van der Waals surface area contributed by atoms with Crippen molar-refractivity contribution in [2.75, 3.05) is 0 Å². The van der Waals surface area contributed by atoms with Crippen molar-refractivity contribution in [1.29, 1.82) is 0 Å². The lowest BCUT2D eigenvalue weighted by Gasteiger charge is -2.12. The molecule has 3 rings (SSSR count). The molecule has 2 heterocycles. The van der Waals surface area contributed by atoms with E-state index in [0.717, 1.165) is 10.1 Å². The minimum absolute atomic E-state index is 0.00464.